The zero-order chi connectivity index (χ0) is 8.85. The van der Waals surface area contributed by atoms with Crippen LogP contribution >= 0.6 is 0 Å². The summed E-state index contributed by atoms with van der Waals surface area (Å²) < 4.78 is 40.0. The van der Waals surface area contributed by atoms with Gasteiger partial charge in [-0.3, -0.25) is 0 Å². The summed E-state index contributed by atoms with van der Waals surface area (Å²) in [7, 11) is 1.06. The van der Waals surface area contributed by atoms with Crippen LogP contribution in [-0.2, 0) is 4.74 Å². The van der Waals surface area contributed by atoms with E-state index < -0.39 is 25.1 Å². The Morgan fingerprint density at radius 1 is 1.45 bits per heavy atom. The lowest BCUT2D eigenvalue weighted by molar-refractivity contribution is -0.0431. The highest BCUT2D eigenvalue weighted by Gasteiger charge is 2.23. The van der Waals surface area contributed by atoms with Crippen molar-refractivity contribution in [1.29, 1.82) is 5.26 Å². The lowest BCUT2D eigenvalue weighted by Gasteiger charge is -2.12. The monoisotopic (exact) mass is 167 g/mol. The summed E-state index contributed by atoms with van der Waals surface area (Å²) in [6, 6.07) is 1.20. The molecule has 64 valence electrons. The highest BCUT2D eigenvalue weighted by atomic mass is 19.3. The number of halogens is 3. The van der Waals surface area contributed by atoms with Gasteiger partial charge >= 0.3 is 0 Å². The van der Waals surface area contributed by atoms with Gasteiger partial charge in [-0.1, -0.05) is 0 Å². The third-order valence-corrected chi connectivity index (χ3v) is 1.16. The maximum absolute atomic E-state index is 12.2. The molecule has 2 nitrogen and oxygen atoms in total. The van der Waals surface area contributed by atoms with Crippen LogP contribution in [0.3, 0.4) is 0 Å². The Bertz CT molecular complexity index is 145. The van der Waals surface area contributed by atoms with Crippen LogP contribution in [0.15, 0.2) is 0 Å². The summed E-state index contributed by atoms with van der Waals surface area (Å²) in [5.74, 6) is 0. The van der Waals surface area contributed by atoms with Gasteiger partial charge in [0, 0.05) is 13.5 Å². The fourth-order valence-corrected chi connectivity index (χ4v) is 0.559. The fourth-order valence-electron chi connectivity index (χ4n) is 0.559. The SMILES string of the molecule is COC(CC(F)C#N)C(F)F. The highest BCUT2D eigenvalue weighted by molar-refractivity contribution is 4.85. The molecule has 0 N–H and O–H groups in total. The largest absolute Gasteiger partial charge is 0.375 e. The molecule has 0 spiro atoms. The fraction of sp³-hybridized carbons (Fsp3) is 0.833. The van der Waals surface area contributed by atoms with E-state index in [1.807, 2.05) is 0 Å². The second kappa shape index (κ2) is 4.97. The van der Waals surface area contributed by atoms with Crippen molar-refractivity contribution in [3.05, 3.63) is 0 Å². The van der Waals surface area contributed by atoms with Crippen molar-refractivity contribution in [3.8, 4) is 6.07 Å². The van der Waals surface area contributed by atoms with E-state index in [0.717, 1.165) is 7.11 Å². The van der Waals surface area contributed by atoms with Crippen LogP contribution in [-0.4, -0.2) is 25.8 Å². The molecule has 0 aromatic heterocycles. The lowest BCUT2D eigenvalue weighted by Crippen LogP contribution is -2.24. The summed E-state index contributed by atoms with van der Waals surface area (Å²) in [4.78, 5) is 0. The molecule has 0 aliphatic rings. The van der Waals surface area contributed by atoms with Crippen LogP contribution in [0.4, 0.5) is 13.2 Å². The van der Waals surface area contributed by atoms with Crippen LogP contribution in [0.25, 0.3) is 0 Å². The molecule has 0 aromatic rings. The number of hydrogen-bond donors (Lipinski definition) is 0. The van der Waals surface area contributed by atoms with Crippen LogP contribution in [0, 0.1) is 11.3 Å². The first-order valence-electron chi connectivity index (χ1n) is 2.96. The van der Waals surface area contributed by atoms with Crippen molar-refractivity contribution in [2.75, 3.05) is 7.11 Å². The molecule has 11 heavy (non-hydrogen) atoms. The molecule has 0 aliphatic carbocycles. The average molecular weight is 167 g/mol. The number of ether oxygens (including phenoxy) is 1. The Labute approximate surface area is 62.6 Å². The quantitative estimate of drug-likeness (QED) is 0.635. The summed E-state index contributed by atoms with van der Waals surface area (Å²) >= 11 is 0. The van der Waals surface area contributed by atoms with Gasteiger partial charge < -0.3 is 4.74 Å². The second-order valence-electron chi connectivity index (χ2n) is 1.94. The molecule has 2 atom stereocenters. The molecule has 0 rings (SSSR count). The predicted molar refractivity (Wildman–Crippen MR) is 31.9 cm³/mol. The van der Waals surface area contributed by atoms with Gasteiger partial charge in [0.2, 0.25) is 0 Å². The minimum absolute atomic E-state index is 0.579. The maximum atomic E-state index is 12.2. The van der Waals surface area contributed by atoms with Gasteiger partial charge in [-0.15, -0.1) is 0 Å². The van der Waals surface area contributed by atoms with Crippen LogP contribution in [0.1, 0.15) is 6.42 Å². The highest BCUT2D eigenvalue weighted by Crippen LogP contribution is 2.12. The van der Waals surface area contributed by atoms with Crippen molar-refractivity contribution in [1.82, 2.24) is 0 Å². The summed E-state index contributed by atoms with van der Waals surface area (Å²) in [5.41, 5.74) is 0. The molecule has 0 aliphatic heterocycles. The van der Waals surface area contributed by atoms with Gasteiger partial charge in [0.25, 0.3) is 6.43 Å². The first-order chi connectivity index (χ1) is 5.11. The van der Waals surface area contributed by atoms with E-state index in [4.69, 9.17) is 5.26 Å². The van der Waals surface area contributed by atoms with Gasteiger partial charge in [-0.2, -0.15) is 5.26 Å². The number of hydrogen-bond acceptors (Lipinski definition) is 2. The summed E-state index contributed by atoms with van der Waals surface area (Å²) in [5, 5.41) is 7.94. The number of nitrogens with zero attached hydrogens (tertiary/aromatic N) is 1. The minimum atomic E-state index is -2.74. The Kier molecular flexibility index (Phi) is 4.62. The van der Waals surface area contributed by atoms with Gasteiger partial charge in [0.05, 0.1) is 0 Å². The predicted octanol–water partition coefficient (Wildman–Crippen LogP) is 1.52. The third-order valence-electron chi connectivity index (χ3n) is 1.16. The number of alkyl halides is 3. The van der Waals surface area contributed by atoms with E-state index in [0.29, 0.717) is 0 Å². The second-order valence-corrected chi connectivity index (χ2v) is 1.94. The molecule has 5 heteroatoms. The average Bonchev–Trinajstić information content (AvgIpc) is 1.99. The van der Waals surface area contributed by atoms with E-state index in [1.165, 1.54) is 6.07 Å². The molecule has 0 amide bonds. The Morgan fingerprint density at radius 2 is 2.00 bits per heavy atom. The van der Waals surface area contributed by atoms with Crippen molar-refractivity contribution in [3.63, 3.8) is 0 Å². The van der Waals surface area contributed by atoms with Crippen LogP contribution in [0.5, 0.6) is 0 Å². The lowest BCUT2D eigenvalue weighted by atomic mass is 10.2. The molecule has 0 aromatic carbocycles. The molecule has 0 radical (unpaired) electrons. The molecule has 0 saturated heterocycles. The van der Waals surface area contributed by atoms with Gasteiger partial charge in [0.15, 0.2) is 6.17 Å². The molecule has 0 bridgehead atoms. The van der Waals surface area contributed by atoms with E-state index in [-0.39, 0.29) is 0 Å². The summed E-state index contributed by atoms with van der Waals surface area (Å²) in [6.07, 6.45) is -6.68. The molecular formula is C6H8F3NO. The molecule has 0 fully saturated rings. The van der Waals surface area contributed by atoms with Crippen molar-refractivity contribution in [2.24, 2.45) is 0 Å². The topological polar surface area (TPSA) is 33.0 Å². The van der Waals surface area contributed by atoms with E-state index in [9.17, 15) is 13.2 Å². The maximum Gasteiger partial charge on any atom is 0.264 e. The van der Waals surface area contributed by atoms with E-state index in [1.54, 1.807) is 0 Å². The first-order valence-corrected chi connectivity index (χ1v) is 2.96. The zero-order valence-corrected chi connectivity index (χ0v) is 5.93. The number of rotatable bonds is 4. The van der Waals surface area contributed by atoms with Crippen molar-refractivity contribution in [2.45, 2.75) is 25.1 Å². The molecular weight excluding hydrogens is 159 g/mol. The van der Waals surface area contributed by atoms with Gasteiger partial charge in [-0.05, 0) is 0 Å². The smallest absolute Gasteiger partial charge is 0.264 e. The van der Waals surface area contributed by atoms with Crippen molar-refractivity contribution < 1.29 is 17.9 Å². The first kappa shape index (κ1) is 10.2. The zero-order valence-electron chi connectivity index (χ0n) is 5.93. The van der Waals surface area contributed by atoms with Gasteiger partial charge in [0.1, 0.15) is 12.2 Å². The normalized spacial score (nSPS) is 16.0. The van der Waals surface area contributed by atoms with Gasteiger partial charge in [-0.25, -0.2) is 13.2 Å². The van der Waals surface area contributed by atoms with E-state index >= 15 is 0 Å². The Hall–Kier alpha value is -0.760. The van der Waals surface area contributed by atoms with Crippen LogP contribution in [0.2, 0.25) is 0 Å². The molecule has 0 saturated carbocycles. The number of nitriles is 1. The molecule has 2 unspecified atom stereocenters. The number of methoxy groups -OCH3 is 1. The third kappa shape index (κ3) is 3.83. The van der Waals surface area contributed by atoms with Crippen molar-refractivity contribution >= 4 is 0 Å². The van der Waals surface area contributed by atoms with Crippen LogP contribution < -0.4 is 0 Å². The summed E-state index contributed by atoms with van der Waals surface area (Å²) in [6.45, 7) is 0. The Balaban J connectivity index is 3.80. The minimum Gasteiger partial charge on any atom is -0.375 e. The van der Waals surface area contributed by atoms with E-state index in [2.05, 4.69) is 4.74 Å². The Morgan fingerprint density at radius 3 is 2.27 bits per heavy atom. The standard InChI is InChI=1S/C6H8F3NO/c1-11-5(6(8)9)2-4(7)3-10/h4-6H,2H2,1H3. The molecule has 0 heterocycles.